The molecule has 0 unspecified atom stereocenters. The minimum atomic E-state index is 0. The molecule has 0 spiro atoms. The molecule has 0 aliphatic heterocycles. The minimum Gasteiger partial charge on any atom is -1.00 e. The van der Waals surface area contributed by atoms with Crippen LogP contribution in [-0.4, -0.2) is 4.98 Å². The van der Waals surface area contributed by atoms with Crippen molar-refractivity contribution in [1.29, 1.82) is 0 Å². The summed E-state index contributed by atoms with van der Waals surface area (Å²) in [5, 5.41) is 0. The summed E-state index contributed by atoms with van der Waals surface area (Å²) in [5.41, 5.74) is 3.55. The Bertz CT molecular complexity index is 934. The first-order chi connectivity index (χ1) is 14.3. The summed E-state index contributed by atoms with van der Waals surface area (Å²) in [6.07, 6.45) is 22.8. The van der Waals surface area contributed by atoms with E-state index in [1.54, 1.807) is 0 Å². The molecule has 0 saturated heterocycles. The third-order valence-corrected chi connectivity index (χ3v) is 5.21. The van der Waals surface area contributed by atoms with Crippen LogP contribution < -0.4 is 28.5 Å². The van der Waals surface area contributed by atoms with Crippen molar-refractivity contribution >= 4 is 39.1 Å². The van der Waals surface area contributed by atoms with Crippen LogP contribution in [0.5, 0.6) is 0 Å². The van der Waals surface area contributed by atoms with Crippen LogP contribution in [0, 0.1) is 63.7 Å². The van der Waals surface area contributed by atoms with Gasteiger partial charge in [-0.3, -0.25) is 0 Å². The topological polar surface area (TPSA) is 19.7 Å². The molecule has 156 valence electrons. The molecule has 5 rings (SSSR count). The number of aromatic amines is 1. The Labute approximate surface area is 222 Å². The average molecular weight is 625 g/mol. The summed E-state index contributed by atoms with van der Waals surface area (Å²) in [6, 6.07) is 16.7. The molecule has 1 heterocycles. The van der Waals surface area contributed by atoms with Crippen LogP contribution in [0.2, 0.25) is 0 Å². The maximum atomic E-state index is 3.53. The van der Waals surface area contributed by atoms with E-state index in [1.807, 2.05) is 32.1 Å². The quantitative estimate of drug-likeness (QED) is 0.262. The third kappa shape index (κ3) is 7.73. The standard InChI is InChI=1S/C21H16BrN2.C5H5.Fe.HI/c22-18-12-9-16(10-13-18)11-14-21-23-19-7-3-4-8-20(19)24(21)15-17-5-1-2-6-17;1-2-4-5-3-1;;/h1-14H,15H2;1-5H;;1H/q;;+2;/b14-11+;;;. The van der Waals surface area contributed by atoms with Crippen LogP contribution in [-0.2, 0) is 23.6 Å². The Morgan fingerprint density at radius 3 is 2.03 bits per heavy atom. The Morgan fingerprint density at radius 2 is 1.39 bits per heavy atom. The van der Waals surface area contributed by atoms with Crippen LogP contribution in [0.25, 0.3) is 23.2 Å². The number of H-pyrrole nitrogens is 1. The molecular weight excluding hydrogens is 603 g/mol. The SMILES string of the molecule is Brc1ccc(/C=C/c2[nH]c3ccccc3[n+]2C[C]2[CH][CH][CH][CH]2)cc1.[CH]1[CH][CH][CH][CH]1.[Fe+2].[I-]. The molecule has 5 heteroatoms. The van der Waals surface area contributed by atoms with Crippen molar-refractivity contribution in [1.82, 2.24) is 4.98 Å². The first kappa shape index (κ1) is 26.6. The van der Waals surface area contributed by atoms with Crippen molar-refractivity contribution in [3.8, 4) is 0 Å². The van der Waals surface area contributed by atoms with Gasteiger partial charge in [-0.25, -0.2) is 9.55 Å². The number of aromatic nitrogens is 2. The molecule has 2 aliphatic rings. The van der Waals surface area contributed by atoms with Crippen molar-refractivity contribution in [2.24, 2.45) is 0 Å². The summed E-state index contributed by atoms with van der Waals surface area (Å²) in [6.45, 7) is 0.858. The van der Waals surface area contributed by atoms with Crippen molar-refractivity contribution in [3.63, 3.8) is 0 Å². The van der Waals surface area contributed by atoms with E-state index in [0.29, 0.717) is 0 Å². The van der Waals surface area contributed by atoms with E-state index in [1.165, 1.54) is 17.0 Å². The summed E-state index contributed by atoms with van der Waals surface area (Å²) in [5.74, 6) is 2.41. The van der Waals surface area contributed by atoms with E-state index in [0.717, 1.165) is 22.4 Å². The zero-order valence-corrected chi connectivity index (χ0v) is 21.6. The number of imidazole rings is 1. The summed E-state index contributed by atoms with van der Waals surface area (Å²) in [4.78, 5) is 3.53. The number of rotatable bonds is 4. The van der Waals surface area contributed by atoms with Gasteiger partial charge in [-0.05, 0) is 93.7 Å². The number of fused-ring (bicyclic) bond motifs is 1. The first-order valence-electron chi connectivity index (χ1n) is 9.61. The molecule has 0 bridgehead atoms. The molecule has 1 aromatic heterocycles. The van der Waals surface area contributed by atoms with Gasteiger partial charge in [0.1, 0.15) is 0 Å². The van der Waals surface area contributed by atoms with E-state index in [9.17, 15) is 0 Å². The smallest absolute Gasteiger partial charge is 1.00 e. The fraction of sp³-hybridized carbons (Fsp3) is 0.0385. The largest absolute Gasteiger partial charge is 2.00 e. The Kier molecular flexibility index (Phi) is 11.9. The van der Waals surface area contributed by atoms with Gasteiger partial charge in [0.2, 0.25) is 0 Å². The van der Waals surface area contributed by atoms with E-state index in [-0.39, 0.29) is 41.0 Å². The Hall–Kier alpha value is -0.621. The fourth-order valence-electron chi connectivity index (χ4n) is 3.22. The van der Waals surface area contributed by atoms with E-state index in [4.69, 9.17) is 0 Å². The number of hydrogen-bond acceptors (Lipinski definition) is 0. The molecule has 2 nitrogen and oxygen atoms in total. The summed E-state index contributed by atoms with van der Waals surface area (Å²) < 4.78 is 3.41. The van der Waals surface area contributed by atoms with Gasteiger partial charge in [0.25, 0.3) is 5.82 Å². The number of nitrogens with one attached hydrogen (secondary N) is 1. The van der Waals surface area contributed by atoms with Gasteiger partial charge in [-0.2, -0.15) is 0 Å². The van der Waals surface area contributed by atoms with Gasteiger partial charge < -0.3 is 24.0 Å². The van der Waals surface area contributed by atoms with E-state index < -0.39 is 0 Å². The van der Waals surface area contributed by atoms with Gasteiger partial charge in [-0.15, -0.1) is 0 Å². The van der Waals surface area contributed by atoms with Crippen LogP contribution >= 0.6 is 15.9 Å². The maximum absolute atomic E-state index is 3.53. The van der Waals surface area contributed by atoms with E-state index >= 15 is 0 Å². The molecule has 0 amide bonds. The first-order valence-corrected chi connectivity index (χ1v) is 10.4. The molecule has 2 fully saturated rings. The predicted molar refractivity (Wildman–Crippen MR) is 124 cm³/mol. The third-order valence-electron chi connectivity index (χ3n) is 4.68. The van der Waals surface area contributed by atoms with E-state index in [2.05, 4.69) is 112 Å². The molecule has 2 saturated carbocycles. The van der Waals surface area contributed by atoms with Gasteiger partial charge in [0.15, 0.2) is 11.0 Å². The fourth-order valence-corrected chi connectivity index (χ4v) is 3.49. The van der Waals surface area contributed by atoms with Crippen LogP contribution in [0.1, 0.15) is 11.4 Å². The van der Waals surface area contributed by atoms with Crippen molar-refractivity contribution in [3.05, 3.63) is 128 Å². The number of hydrogen-bond donors (Lipinski definition) is 1. The molecule has 1 N–H and O–H groups in total. The molecule has 0 atom stereocenters. The molecule has 10 radical (unpaired) electrons. The molecule has 31 heavy (non-hydrogen) atoms. The average Bonchev–Trinajstić information content (AvgIpc) is 3.52. The minimum absolute atomic E-state index is 0. The van der Waals surface area contributed by atoms with Gasteiger partial charge in [-0.1, -0.05) is 40.2 Å². The zero-order chi connectivity index (χ0) is 19.9. The monoisotopic (exact) mass is 624 g/mol. The molecule has 3 aromatic rings. The second-order valence-electron chi connectivity index (χ2n) is 6.75. The van der Waals surface area contributed by atoms with Crippen molar-refractivity contribution < 1.29 is 45.6 Å². The van der Waals surface area contributed by atoms with Crippen LogP contribution in [0.15, 0.2) is 53.0 Å². The molecule has 2 aliphatic carbocycles. The number of nitrogens with zero attached hydrogens (tertiary/aromatic N) is 1. The number of benzene rings is 2. The second kappa shape index (κ2) is 13.8. The second-order valence-corrected chi connectivity index (χ2v) is 7.67. The number of halogens is 2. The van der Waals surface area contributed by atoms with Crippen LogP contribution in [0.3, 0.4) is 0 Å². The van der Waals surface area contributed by atoms with Crippen molar-refractivity contribution in [2.45, 2.75) is 6.54 Å². The Balaban J connectivity index is 0.000000432. The summed E-state index contributed by atoms with van der Waals surface area (Å²) >= 11 is 3.48. The van der Waals surface area contributed by atoms with Gasteiger partial charge in [0, 0.05) is 16.5 Å². The van der Waals surface area contributed by atoms with Crippen LogP contribution in [0.4, 0.5) is 0 Å². The predicted octanol–water partition coefficient (Wildman–Crippen LogP) is 2.82. The van der Waals surface area contributed by atoms with Gasteiger partial charge >= 0.3 is 17.1 Å². The normalized spacial score (nSPS) is 16.0. The molecular formula is C26H22BrFeIN2+2. The molecule has 2 aromatic carbocycles. The summed E-state index contributed by atoms with van der Waals surface area (Å²) in [7, 11) is 0. The Morgan fingerprint density at radius 1 is 0.774 bits per heavy atom. The zero-order valence-electron chi connectivity index (χ0n) is 16.7. The maximum Gasteiger partial charge on any atom is 2.00 e. The van der Waals surface area contributed by atoms with Gasteiger partial charge in [0.05, 0.1) is 6.54 Å². The number of para-hydroxylation sites is 2. The van der Waals surface area contributed by atoms with Crippen molar-refractivity contribution in [2.75, 3.05) is 0 Å².